The van der Waals surface area contributed by atoms with Gasteiger partial charge in [0.1, 0.15) is 24.4 Å². The molecule has 2 heterocycles. The third kappa shape index (κ3) is 8.83. The van der Waals surface area contributed by atoms with E-state index in [-0.39, 0.29) is 13.2 Å². The van der Waals surface area contributed by atoms with Gasteiger partial charge in [0, 0.05) is 6.61 Å². The van der Waals surface area contributed by atoms with Gasteiger partial charge in [-0.1, -0.05) is 51.5 Å². The molecule has 0 aliphatic carbocycles. The first kappa shape index (κ1) is 28.0. The van der Waals surface area contributed by atoms with Gasteiger partial charge in [-0.2, -0.15) is 13.2 Å². The second-order valence-corrected chi connectivity index (χ2v) is 8.91. The Labute approximate surface area is 194 Å². The molecule has 2 fully saturated rings. The van der Waals surface area contributed by atoms with Crippen LogP contribution in [-0.4, -0.2) is 68.3 Å². The highest BCUT2D eigenvalue weighted by atomic mass is 19.4. The summed E-state index contributed by atoms with van der Waals surface area (Å²) >= 11 is 0. The number of alkyl halides is 3. The van der Waals surface area contributed by atoms with Gasteiger partial charge in [0.05, 0.1) is 13.2 Å². The predicted octanol–water partition coefficient (Wildman–Crippen LogP) is 4.25. The number of halogens is 3. The molecule has 0 spiro atoms. The third-order valence-corrected chi connectivity index (χ3v) is 5.65. The fourth-order valence-corrected chi connectivity index (χ4v) is 3.99. The number of ether oxygens (including phenoxy) is 5. The number of carbonyl (C=O) groups is 1. The van der Waals surface area contributed by atoms with Crippen LogP contribution in [0.4, 0.5) is 13.2 Å². The van der Waals surface area contributed by atoms with Crippen molar-refractivity contribution < 1.29 is 41.7 Å². The Morgan fingerprint density at radius 2 is 1.82 bits per heavy atom. The molecule has 0 bridgehead atoms. The average molecular weight is 482 g/mol. The summed E-state index contributed by atoms with van der Waals surface area (Å²) in [6.07, 6.45) is 0.443. The first-order valence-corrected chi connectivity index (χ1v) is 11.8. The fourth-order valence-electron chi connectivity index (χ4n) is 3.99. The Bertz CT molecular complexity index is 615. The molecule has 0 aromatic carbocycles. The van der Waals surface area contributed by atoms with E-state index in [9.17, 15) is 18.0 Å². The maximum Gasteiger partial charge on any atom is 0.471 e. The van der Waals surface area contributed by atoms with Crippen molar-refractivity contribution in [1.29, 1.82) is 0 Å². The lowest BCUT2D eigenvalue weighted by Gasteiger charge is -2.51. The van der Waals surface area contributed by atoms with Crippen LogP contribution in [0, 0.1) is 0 Å². The molecule has 0 radical (unpaired) electrons. The van der Waals surface area contributed by atoms with Crippen molar-refractivity contribution in [2.45, 2.75) is 108 Å². The van der Waals surface area contributed by atoms with E-state index in [1.807, 2.05) is 5.32 Å². The van der Waals surface area contributed by atoms with Gasteiger partial charge >= 0.3 is 12.1 Å². The van der Waals surface area contributed by atoms with Gasteiger partial charge in [0.2, 0.25) is 0 Å². The molecule has 0 aromatic rings. The zero-order valence-electron chi connectivity index (χ0n) is 19.8. The number of nitrogens with one attached hydrogen (secondary N) is 1. The van der Waals surface area contributed by atoms with Crippen molar-refractivity contribution in [2.75, 3.05) is 19.8 Å². The quantitative estimate of drug-likeness (QED) is 0.313. The van der Waals surface area contributed by atoms with Crippen LogP contribution in [0.2, 0.25) is 0 Å². The van der Waals surface area contributed by atoms with Crippen LogP contribution in [0.15, 0.2) is 12.7 Å². The molecule has 2 aliphatic heterocycles. The Kier molecular flexibility index (Phi) is 11.1. The minimum Gasteiger partial charge on any atom is -0.373 e. The molecule has 0 aromatic heterocycles. The molecular weight excluding hydrogens is 443 g/mol. The summed E-state index contributed by atoms with van der Waals surface area (Å²) in [5.74, 6) is -3.06. The summed E-state index contributed by atoms with van der Waals surface area (Å²) in [6.45, 7) is 9.64. The summed E-state index contributed by atoms with van der Waals surface area (Å²) in [6, 6.07) is -1.22. The first-order chi connectivity index (χ1) is 15.6. The maximum absolute atomic E-state index is 13.0. The lowest BCUT2D eigenvalue weighted by Crippen LogP contribution is -2.69. The summed E-state index contributed by atoms with van der Waals surface area (Å²) in [5.41, 5.74) is 0. The topological polar surface area (TPSA) is 75.2 Å². The number of rotatable bonds is 13. The zero-order chi connectivity index (χ0) is 24.5. The van der Waals surface area contributed by atoms with Gasteiger partial charge in [-0.25, -0.2) is 0 Å². The Morgan fingerprint density at radius 3 is 2.45 bits per heavy atom. The van der Waals surface area contributed by atoms with E-state index in [1.54, 1.807) is 13.8 Å². The van der Waals surface area contributed by atoms with E-state index in [0.717, 1.165) is 25.7 Å². The van der Waals surface area contributed by atoms with Crippen LogP contribution >= 0.6 is 0 Å². The molecule has 1 N–H and O–H groups in total. The van der Waals surface area contributed by atoms with Crippen LogP contribution in [0.1, 0.15) is 65.7 Å². The standard InChI is InChI=1S/C23H38F3NO6/c1-5-7-8-9-10-11-12-14-29-19-17(27-21(28)23(24,25)26)20(30-13-6-2)32-16-15-31-22(3,4)33-18(16)19/h6,16-20H,2,5,7-15H2,1,3-4H3,(H,27,28). The number of carbonyl (C=O) groups excluding carboxylic acids is 1. The van der Waals surface area contributed by atoms with E-state index >= 15 is 0 Å². The Balaban J connectivity index is 2.11. The average Bonchev–Trinajstić information content (AvgIpc) is 2.74. The molecule has 5 atom stereocenters. The summed E-state index contributed by atoms with van der Waals surface area (Å²) < 4.78 is 68.2. The smallest absolute Gasteiger partial charge is 0.373 e. The first-order valence-electron chi connectivity index (χ1n) is 11.8. The van der Waals surface area contributed by atoms with E-state index in [4.69, 9.17) is 23.7 Å². The lowest BCUT2D eigenvalue weighted by atomic mass is 9.94. The monoisotopic (exact) mass is 481 g/mol. The highest BCUT2D eigenvalue weighted by molar-refractivity contribution is 5.82. The minimum atomic E-state index is -5.06. The number of hydrogen-bond acceptors (Lipinski definition) is 6. The summed E-state index contributed by atoms with van der Waals surface area (Å²) in [7, 11) is 0. The molecule has 5 unspecified atom stereocenters. The normalized spacial score (nSPS) is 29.3. The van der Waals surface area contributed by atoms with E-state index < -0.39 is 48.5 Å². The van der Waals surface area contributed by atoms with Crippen molar-refractivity contribution in [2.24, 2.45) is 0 Å². The van der Waals surface area contributed by atoms with Gasteiger partial charge < -0.3 is 29.0 Å². The largest absolute Gasteiger partial charge is 0.471 e. The SMILES string of the molecule is C=CCOC1OC2COC(C)(C)OC2C(OCCCCCCCCC)C1NC(=O)C(F)(F)F. The molecule has 2 saturated heterocycles. The van der Waals surface area contributed by atoms with Gasteiger partial charge in [-0.05, 0) is 20.3 Å². The van der Waals surface area contributed by atoms with Crippen molar-refractivity contribution >= 4 is 5.91 Å². The second-order valence-electron chi connectivity index (χ2n) is 8.91. The fraction of sp³-hybridized carbons (Fsp3) is 0.870. The molecule has 192 valence electrons. The third-order valence-electron chi connectivity index (χ3n) is 5.65. The zero-order valence-corrected chi connectivity index (χ0v) is 19.8. The van der Waals surface area contributed by atoms with Gasteiger partial charge in [-0.3, -0.25) is 4.79 Å². The van der Waals surface area contributed by atoms with E-state index in [1.165, 1.54) is 25.3 Å². The molecule has 2 rings (SSSR count). The molecule has 7 nitrogen and oxygen atoms in total. The number of amides is 1. The highest BCUT2D eigenvalue weighted by Crippen LogP contribution is 2.35. The van der Waals surface area contributed by atoms with E-state index in [0.29, 0.717) is 6.61 Å². The second kappa shape index (κ2) is 13.0. The van der Waals surface area contributed by atoms with Gasteiger partial charge in [-0.15, -0.1) is 6.58 Å². The van der Waals surface area contributed by atoms with Crippen molar-refractivity contribution in [1.82, 2.24) is 5.32 Å². The highest BCUT2D eigenvalue weighted by Gasteiger charge is 2.54. The Hall–Kier alpha value is -1.20. The predicted molar refractivity (Wildman–Crippen MR) is 115 cm³/mol. The number of hydrogen-bond donors (Lipinski definition) is 1. The minimum absolute atomic E-state index is 0.0259. The van der Waals surface area contributed by atoms with Crippen LogP contribution in [0.25, 0.3) is 0 Å². The van der Waals surface area contributed by atoms with Crippen LogP contribution in [0.3, 0.4) is 0 Å². The van der Waals surface area contributed by atoms with Gasteiger partial charge in [0.25, 0.3) is 0 Å². The van der Waals surface area contributed by atoms with Crippen molar-refractivity contribution in [3.05, 3.63) is 12.7 Å². The molecule has 2 aliphatic rings. The van der Waals surface area contributed by atoms with E-state index in [2.05, 4.69) is 13.5 Å². The summed E-state index contributed by atoms with van der Waals surface area (Å²) in [5, 5.41) is 2.01. The lowest BCUT2D eigenvalue weighted by molar-refractivity contribution is -0.371. The van der Waals surface area contributed by atoms with Crippen LogP contribution in [-0.2, 0) is 28.5 Å². The number of unbranched alkanes of at least 4 members (excludes halogenated alkanes) is 6. The number of fused-ring (bicyclic) bond motifs is 1. The van der Waals surface area contributed by atoms with Gasteiger partial charge in [0.15, 0.2) is 12.1 Å². The molecule has 1 amide bonds. The van der Waals surface area contributed by atoms with Crippen LogP contribution < -0.4 is 5.32 Å². The van der Waals surface area contributed by atoms with Crippen molar-refractivity contribution in [3.8, 4) is 0 Å². The maximum atomic E-state index is 13.0. The van der Waals surface area contributed by atoms with Crippen molar-refractivity contribution in [3.63, 3.8) is 0 Å². The molecule has 10 heteroatoms. The molecule has 0 saturated carbocycles. The molecule has 33 heavy (non-hydrogen) atoms. The molecular formula is C23H38F3NO6. The Morgan fingerprint density at radius 1 is 1.15 bits per heavy atom. The van der Waals surface area contributed by atoms with Crippen LogP contribution in [0.5, 0.6) is 0 Å². The summed E-state index contributed by atoms with van der Waals surface area (Å²) in [4.78, 5) is 11.8.